The molecule has 1 aromatic carbocycles. The molecule has 0 spiro atoms. The first-order valence-corrected chi connectivity index (χ1v) is 10.5. The van der Waals surface area contributed by atoms with Crippen molar-refractivity contribution in [1.82, 2.24) is 10.2 Å². The van der Waals surface area contributed by atoms with Gasteiger partial charge in [-0.25, -0.2) is 0 Å². The zero-order chi connectivity index (χ0) is 21.8. The highest BCUT2D eigenvalue weighted by Gasteiger charge is 2.35. The predicted octanol–water partition coefficient (Wildman–Crippen LogP) is 1.20. The standard InChI is InChI=1S/C22H36N2O6/c1-27-14-12-24(13-15-28-2)11-10-19-8-9-20(25)21(30-19)22(26)23-16-17-4-6-18(29-3)7-5-17/h4-7,19-21,25H,8-16H2,1-3H3,(H,23,26)/t19-,20+,21+/m1/s1. The van der Waals surface area contributed by atoms with E-state index in [1.54, 1.807) is 21.3 Å². The van der Waals surface area contributed by atoms with Crippen LogP contribution in [0.4, 0.5) is 0 Å². The Balaban J connectivity index is 1.81. The summed E-state index contributed by atoms with van der Waals surface area (Å²) in [5.74, 6) is 0.489. The van der Waals surface area contributed by atoms with Gasteiger partial charge in [0.05, 0.1) is 32.5 Å². The van der Waals surface area contributed by atoms with Crippen molar-refractivity contribution < 1.29 is 28.8 Å². The van der Waals surface area contributed by atoms with E-state index in [2.05, 4.69) is 10.2 Å². The molecule has 8 nitrogen and oxygen atoms in total. The molecular formula is C22H36N2O6. The lowest BCUT2D eigenvalue weighted by Crippen LogP contribution is -2.49. The number of nitrogens with one attached hydrogen (secondary N) is 1. The molecule has 0 unspecified atom stereocenters. The van der Waals surface area contributed by atoms with Gasteiger partial charge in [0.2, 0.25) is 0 Å². The van der Waals surface area contributed by atoms with Gasteiger partial charge < -0.3 is 29.4 Å². The Morgan fingerprint density at radius 3 is 2.37 bits per heavy atom. The monoisotopic (exact) mass is 424 g/mol. The minimum absolute atomic E-state index is 0.0577. The van der Waals surface area contributed by atoms with Gasteiger partial charge in [0.25, 0.3) is 5.91 Å². The maximum Gasteiger partial charge on any atom is 0.252 e. The first kappa shape index (κ1) is 24.6. The molecule has 0 aliphatic carbocycles. The van der Waals surface area contributed by atoms with Gasteiger partial charge in [-0.2, -0.15) is 0 Å². The molecule has 0 aromatic heterocycles. The summed E-state index contributed by atoms with van der Waals surface area (Å²) in [6, 6.07) is 7.49. The van der Waals surface area contributed by atoms with E-state index in [9.17, 15) is 9.90 Å². The van der Waals surface area contributed by atoms with Gasteiger partial charge in [0.15, 0.2) is 6.10 Å². The van der Waals surface area contributed by atoms with Crippen LogP contribution in [0.5, 0.6) is 5.75 Å². The quantitative estimate of drug-likeness (QED) is 0.492. The Morgan fingerprint density at radius 2 is 1.77 bits per heavy atom. The van der Waals surface area contributed by atoms with Gasteiger partial charge >= 0.3 is 0 Å². The zero-order valence-corrected chi connectivity index (χ0v) is 18.3. The Kier molecular flexibility index (Phi) is 11.1. The lowest BCUT2D eigenvalue weighted by molar-refractivity contribution is -0.158. The Morgan fingerprint density at radius 1 is 1.10 bits per heavy atom. The third-order valence-electron chi connectivity index (χ3n) is 5.35. The molecule has 2 N–H and O–H groups in total. The lowest BCUT2D eigenvalue weighted by atomic mass is 9.98. The van der Waals surface area contributed by atoms with E-state index in [-0.39, 0.29) is 12.0 Å². The predicted molar refractivity (Wildman–Crippen MR) is 114 cm³/mol. The number of aliphatic hydroxyl groups is 1. The van der Waals surface area contributed by atoms with Crippen LogP contribution in [-0.2, 0) is 25.5 Å². The number of nitrogens with zero attached hydrogens (tertiary/aromatic N) is 1. The number of aliphatic hydroxyl groups excluding tert-OH is 1. The fraction of sp³-hybridized carbons (Fsp3) is 0.682. The van der Waals surface area contributed by atoms with Crippen molar-refractivity contribution in [3.8, 4) is 5.75 Å². The number of ether oxygens (including phenoxy) is 4. The number of rotatable bonds is 13. The fourth-order valence-electron chi connectivity index (χ4n) is 3.46. The first-order valence-electron chi connectivity index (χ1n) is 10.5. The summed E-state index contributed by atoms with van der Waals surface area (Å²) in [5.41, 5.74) is 0.956. The van der Waals surface area contributed by atoms with Gasteiger partial charge in [-0.3, -0.25) is 9.69 Å². The molecule has 30 heavy (non-hydrogen) atoms. The Bertz CT molecular complexity index is 604. The summed E-state index contributed by atoms with van der Waals surface area (Å²) in [6.45, 7) is 4.16. The smallest absolute Gasteiger partial charge is 0.252 e. The van der Waals surface area contributed by atoms with Crippen LogP contribution in [0.1, 0.15) is 24.8 Å². The Hall–Kier alpha value is -1.71. The highest BCUT2D eigenvalue weighted by atomic mass is 16.5. The van der Waals surface area contributed by atoms with Crippen LogP contribution in [0, 0.1) is 0 Å². The largest absolute Gasteiger partial charge is 0.497 e. The summed E-state index contributed by atoms with van der Waals surface area (Å²) in [4.78, 5) is 14.9. The molecule has 2 rings (SSSR count). The topological polar surface area (TPSA) is 89.5 Å². The van der Waals surface area contributed by atoms with E-state index in [4.69, 9.17) is 18.9 Å². The molecule has 1 aliphatic rings. The molecular weight excluding hydrogens is 388 g/mol. The first-order chi connectivity index (χ1) is 14.6. The number of carbonyl (C=O) groups excluding carboxylic acids is 1. The molecule has 0 saturated carbocycles. The number of methoxy groups -OCH3 is 3. The van der Waals surface area contributed by atoms with Crippen molar-refractivity contribution in [2.75, 3.05) is 54.2 Å². The van der Waals surface area contributed by atoms with Gasteiger partial charge in [-0.05, 0) is 37.0 Å². The van der Waals surface area contributed by atoms with Crippen LogP contribution in [0.2, 0.25) is 0 Å². The van der Waals surface area contributed by atoms with Crippen molar-refractivity contribution in [3.05, 3.63) is 29.8 Å². The van der Waals surface area contributed by atoms with Crippen LogP contribution in [0.3, 0.4) is 0 Å². The van der Waals surface area contributed by atoms with E-state index >= 15 is 0 Å². The summed E-state index contributed by atoms with van der Waals surface area (Å²) in [6.07, 6.45) is 0.414. The van der Waals surface area contributed by atoms with E-state index in [0.29, 0.717) is 26.2 Å². The zero-order valence-electron chi connectivity index (χ0n) is 18.3. The van der Waals surface area contributed by atoms with E-state index in [1.807, 2.05) is 24.3 Å². The molecule has 8 heteroatoms. The molecule has 1 aliphatic heterocycles. The summed E-state index contributed by atoms with van der Waals surface area (Å²) in [5, 5.41) is 13.2. The van der Waals surface area contributed by atoms with Gasteiger partial charge in [0.1, 0.15) is 5.75 Å². The molecule has 1 heterocycles. The molecule has 1 aromatic rings. The number of hydrogen-bond donors (Lipinski definition) is 2. The van der Waals surface area contributed by atoms with Crippen molar-refractivity contribution >= 4 is 5.91 Å². The van der Waals surface area contributed by atoms with E-state index < -0.39 is 12.2 Å². The molecule has 3 atom stereocenters. The van der Waals surface area contributed by atoms with Crippen molar-refractivity contribution in [3.63, 3.8) is 0 Å². The van der Waals surface area contributed by atoms with Crippen LogP contribution >= 0.6 is 0 Å². The normalized spacial score (nSPS) is 21.6. The minimum Gasteiger partial charge on any atom is -0.497 e. The Labute approximate surface area is 179 Å². The number of hydrogen-bond acceptors (Lipinski definition) is 7. The van der Waals surface area contributed by atoms with Gasteiger partial charge in [0, 0.05) is 40.4 Å². The van der Waals surface area contributed by atoms with Crippen molar-refractivity contribution in [1.29, 1.82) is 0 Å². The average Bonchev–Trinajstić information content (AvgIpc) is 2.78. The second-order valence-corrected chi connectivity index (χ2v) is 7.51. The second-order valence-electron chi connectivity index (χ2n) is 7.51. The van der Waals surface area contributed by atoms with Crippen LogP contribution in [0.15, 0.2) is 24.3 Å². The van der Waals surface area contributed by atoms with E-state index in [0.717, 1.165) is 43.8 Å². The molecule has 0 bridgehead atoms. The van der Waals surface area contributed by atoms with E-state index in [1.165, 1.54) is 0 Å². The third-order valence-corrected chi connectivity index (χ3v) is 5.35. The van der Waals surface area contributed by atoms with Crippen LogP contribution < -0.4 is 10.1 Å². The SMILES string of the molecule is COCCN(CCOC)CC[C@H]1CC[C@H](O)[C@@H](C(=O)NCc2ccc(OC)cc2)O1. The summed E-state index contributed by atoms with van der Waals surface area (Å²) >= 11 is 0. The highest BCUT2D eigenvalue weighted by Crippen LogP contribution is 2.22. The van der Waals surface area contributed by atoms with Crippen LogP contribution in [-0.4, -0.2) is 88.4 Å². The number of carbonyl (C=O) groups is 1. The average molecular weight is 425 g/mol. The molecule has 1 amide bonds. The number of benzene rings is 1. The van der Waals surface area contributed by atoms with Gasteiger partial charge in [-0.1, -0.05) is 12.1 Å². The fourth-order valence-corrected chi connectivity index (χ4v) is 3.46. The lowest BCUT2D eigenvalue weighted by Gasteiger charge is -2.34. The molecule has 0 radical (unpaired) electrons. The molecule has 1 fully saturated rings. The van der Waals surface area contributed by atoms with Gasteiger partial charge in [-0.15, -0.1) is 0 Å². The van der Waals surface area contributed by atoms with Crippen molar-refractivity contribution in [2.24, 2.45) is 0 Å². The molecule has 170 valence electrons. The maximum absolute atomic E-state index is 12.6. The highest BCUT2D eigenvalue weighted by molar-refractivity contribution is 5.81. The number of amides is 1. The third kappa shape index (κ3) is 8.20. The second kappa shape index (κ2) is 13.6. The van der Waals surface area contributed by atoms with Crippen LogP contribution in [0.25, 0.3) is 0 Å². The maximum atomic E-state index is 12.6. The minimum atomic E-state index is -0.839. The van der Waals surface area contributed by atoms with Crippen molar-refractivity contribution in [2.45, 2.75) is 44.1 Å². The summed E-state index contributed by atoms with van der Waals surface area (Å²) in [7, 11) is 4.99. The molecule has 1 saturated heterocycles. The summed E-state index contributed by atoms with van der Waals surface area (Å²) < 4.78 is 21.5.